The van der Waals surface area contributed by atoms with Gasteiger partial charge in [-0.25, -0.2) is 0 Å². The van der Waals surface area contributed by atoms with E-state index in [-0.39, 0.29) is 11.6 Å². The third-order valence-corrected chi connectivity index (χ3v) is 4.51. The van der Waals surface area contributed by atoms with Gasteiger partial charge in [0.15, 0.2) is 11.5 Å². The van der Waals surface area contributed by atoms with Crippen LogP contribution in [-0.4, -0.2) is 25.0 Å². The molecule has 7 heteroatoms. The van der Waals surface area contributed by atoms with Crippen molar-refractivity contribution in [1.82, 2.24) is 5.32 Å². The third kappa shape index (κ3) is 4.35. The monoisotopic (exact) mass is 404 g/mol. The smallest absolute Gasteiger partial charge is 0.272 e. The molecule has 152 valence electrons. The lowest BCUT2D eigenvalue weighted by atomic mass is 10.1. The lowest BCUT2D eigenvalue weighted by molar-refractivity contribution is -0.113. The maximum Gasteiger partial charge on any atom is 0.272 e. The summed E-state index contributed by atoms with van der Waals surface area (Å²) in [6.45, 7) is 2.76. The van der Waals surface area contributed by atoms with Gasteiger partial charge in [0.1, 0.15) is 24.7 Å². The minimum atomic E-state index is -0.495. The van der Waals surface area contributed by atoms with Crippen molar-refractivity contribution in [3.8, 4) is 11.5 Å². The highest BCUT2D eigenvalue weighted by molar-refractivity contribution is 6.10. The number of anilines is 1. The predicted octanol–water partition coefficient (Wildman–Crippen LogP) is 3.77. The summed E-state index contributed by atoms with van der Waals surface area (Å²) in [7, 11) is 0. The summed E-state index contributed by atoms with van der Waals surface area (Å²) in [5.74, 6) is 0.735. The number of ether oxygens (including phenoxy) is 2. The first-order chi connectivity index (χ1) is 14.6. The Labute approximate surface area is 173 Å². The van der Waals surface area contributed by atoms with Gasteiger partial charge in [0.2, 0.25) is 0 Å². The Morgan fingerprint density at radius 2 is 1.77 bits per heavy atom. The van der Waals surface area contributed by atoms with Gasteiger partial charge < -0.3 is 24.5 Å². The van der Waals surface area contributed by atoms with E-state index in [4.69, 9.17) is 13.9 Å². The van der Waals surface area contributed by atoms with E-state index in [1.807, 2.05) is 19.1 Å². The summed E-state index contributed by atoms with van der Waals surface area (Å²) in [4.78, 5) is 25.7. The number of hydrogen-bond acceptors (Lipinski definition) is 5. The van der Waals surface area contributed by atoms with Crippen LogP contribution >= 0.6 is 0 Å². The fraction of sp³-hybridized carbons (Fsp3) is 0.130. The quantitative estimate of drug-likeness (QED) is 0.632. The Kier molecular flexibility index (Phi) is 5.52. The lowest BCUT2D eigenvalue weighted by Crippen LogP contribution is -2.31. The van der Waals surface area contributed by atoms with E-state index in [0.717, 1.165) is 5.56 Å². The van der Waals surface area contributed by atoms with E-state index in [0.29, 0.717) is 41.7 Å². The Balaban J connectivity index is 1.57. The zero-order valence-corrected chi connectivity index (χ0v) is 16.3. The summed E-state index contributed by atoms with van der Waals surface area (Å²) in [5, 5.41) is 5.47. The van der Waals surface area contributed by atoms with Gasteiger partial charge in [-0.05, 0) is 42.8 Å². The summed E-state index contributed by atoms with van der Waals surface area (Å²) in [6, 6.07) is 15.7. The molecule has 7 nitrogen and oxygen atoms in total. The molecule has 2 heterocycles. The van der Waals surface area contributed by atoms with Crippen LogP contribution in [0.2, 0.25) is 0 Å². The molecule has 1 aliphatic heterocycles. The van der Waals surface area contributed by atoms with Gasteiger partial charge in [-0.2, -0.15) is 0 Å². The molecule has 2 aromatic carbocycles. The minimum Gasteiger partial charge on any atom is -0.486 e. The third-order valence-electron chi connectivity index (χ3n) is 4.51. The molecule has 0 saturated carbocycles. The van der Waals surface area contributed by atoms with Crippen molar-refractivity contribution < 1.29 is 23.5 Å². The molecule has 4 rings (SSSR count). The number of hydrogen-bond donors (Lipinski definition) is 2. The number of amides is 2. The first kappa shape index (κ1) is 19.3. The predicted molar refractivity (Wildman–Crippen MR) is 111 cm³/mol. The van der Waals surface area contributed by atoms with Gasteiger partial charge in [-0.15, -0.1) is 0 Å². The molecule has 30 heavy (non-hydrogen) atoms. The van der Waals surface area contributed by atoms with Crippen molar-refractivity contribution in [3.05, 3.63) is 83.4 Å². The van der Waals surface area contributed by atoms with Crippen molar-refractivity contribution in [3.63, 3.8) is 0 Å². The van der Waals surface area contributed by atoms with E-state index >= 15 is 0 Å². The number of carbonyl (C=O) groups is 2. The average Bonchev–Trinajstić information content (AvgIpc) is 3.26. The number of benzene rings is 2. The number of fused-ring (bicyclic) bond motifs is 1. The van der Waals surface area contributed by atoms with E-state index in [2.05, 4.69) is 10.6 Å². The molecule has 0 spiro atoms. The van der Waals surface area contributed by atoms with Crippen LogP contribution in [0.5, 0.6) is 11.5 Å². The number of furan rings is 1. The van der Waals surface area contributed by atoms with Crippen LogP contribution in [0.4, 0.5) is 5.69 Å². The fourth-order valence-corrected chi connectivity index (χ4v) is 3.01. The van der Waals surface area contributed by atoms with E-state index in [1.54, 1.807) is 42.5 Å². The lowest BCUT2D eigenvalue weighted by Gasteiger charge is -2.19. The Hall–Kier alpha value is -4.00. The SMILES string of the molecule is Cc1ccccc1C(=O)N/C(=C\c1ccco1)C(=O)Nc1ccc2c(c1)OCCO2. The number of rotatable bonds is 5. The highest BCUT2D eigenvalue weighted by atomic mass is 16.6. The van der Waals surface area contributed by atoms with Gasteiger partial charge in [0.25, 0.3) is 11.8 Å². The Morgan fingerprint density at radius 3 is 2.53 bits per heavy atom. The number of aryl methyl sites for hydroxylation is 1. The molecule has 0 aliphatic carbocycles. The molecule has 0 fully saturated rings. The van der Waals surface area contributed by atoms with Crippen molar-refractivity contribution in [2.45, 2.75) is 6.92 Å². The Morgan fingerprint density at radius 1 is 0.967 bits per heavy atom. The standard InChI is InChI=1S/C23H20N2O5/c1-15-5-2-3-7-18(15)22(26)25-19(14-17-6-4-10-28-17)23(27)24-16-8-9-20-21(13-16)30-12-11-29-20/h2-10,13-14H,11-12H2,1H3,(H,24,27)(H,25,26)/b19-14-. The van der Waals surface area contributed by atoms with Crippen LogP contribution in [-0.2, 0) is 4.79 Å². The van der Waals surface area contributed by atoms with Crippen LogP contribution in [0.25, 0.3) is 6.08 Å². The number of nitrogens with one attached hydrogen (secondary N) is 2. The minimum absolute atomic E-state index is 0.0492. The molecular weight excluding hydrogens is 384 g/mol. The molecule has 3 aromatic rings. The second-order valence-electron chi connectivity index (χ2n) is 6.66. The second kappa shape index (κ2) is 8.57. The maximum absolute atomic E-state index is 13.0. The first-order valence-electron chi connectivity index (χ1n) is 9.43. The highest BCUT2D eigenvalue weighted by Gasteiger charge is 2.18. The van der Waals surface area contributed by atoms with E-state index in [9.17, 15) is 9.59 Å². The van der Waals surface area contributed by atoms with Crippen molar-refractivity contribution in [2.75, 3.05) is 18.5 Å². The summed E-state index contributed by atoms with van der Waals surface area (Å²) < 4.78 is 16.4. The topological polar surface area (TPSA) is 89.8 Å². The average molecular weight is 404 g/mol. The van der Waals surface area contributed by atoms with Crippen LogP contribution in [0.3, 0.4) is 0 Å². The van der Waals surface area contributed by atoms with Crippen molar-refractivity contribution in [2.24, 2.45) is 0 Å². The molecule has 0 saturated heterocycles. The Bertz CT molecular complexity index is 1100. The van der Waals surface area contributed by atoms with Gasteiger partial charge in [-0.3, -0.25) is 9.59 Å². The first-order valence-corrected chi connectivity index (χ1v) is 9.43. The molecule has 0 radical (unpaired) electrons. The van der Waals surface area contributed by atoms with Gasteiger partial charge in [0.05, 0.1) is 6.26 Å². The molecule has 1 aliphatic rings. The van der Waals surface area contributed by atoms with Crippen LogP contribution < -0.4 is 20.1 Å². The normalized spacial score (nSPS) is 12.9. The molecule has 0 bridgehead atoms. The molecule has 0 unspecified atom stereocenters. The fourth-order valence-electron chi connectivity index (χ4n) is 3.01. The summed E-state index contributed by atoms with van der Waals surface area (Å²) >= 11 is 0. The van der Waals surface area contributed by atoms with Gasteiger partial charge in [0, 0.05) is 23.4 Å². The van der Waals surface area contributed by atoms with Gasteiger partial charge >= 0.3 is 0 Å². The van der Waals surface area contributed by atoms with E-state index in [1.165, 1.54) is 12.3 Å². The highest BCUT2D eigenvalue weighted by Crippen LogP contribution is 2.32. The van der Waals surface area contributed by atoms with Crippen molar-refractivity contribution in [1.29, 1.82) is 0 Å². The van der Waals surface area contributed by atoms with E-state index < -0.39 is 5.91 Å². The summed E-state index contributed by atoms with van der Waals surface area (Å²) in [6.07, 6.45) is 2.97. The van der Waals surface area contributed by atoms with Gasteiger partial charge in [-0.1, -0.05) is 18.2 Å². The zero-order chi connectivity index (χ0) is 20.9. The zero-order valence-electron chi connectivity index (χ0n) is 16.3. The summed E-state index contributed by atoms with van der Waals surface area (Å²) in [5.41, 5.74) is 1.85. The second-order valence-corrected chi connectivity index (χ2v) is 6.66. The molecule has 2 N–H and O–H groups in total. The van der Waals surface area contributed by atoms with Crippen molar-refractivity contribution >= 4 is 23.6 Å². The molecule has 2 amide bonds. The largest absolute Gasteiger partial charge is 0.486 e. The molecule has 1 aromatic heterocycles. The number of carbonyl (C=O) groups excluding carboxylic acids is 2. The van der Waals surface area contributed by atoms with Crippen LogP contribution in [0.1, 0.15) is 21.7 Å². The molecule has 0 atom stereocenters. The molecular formula is C23H20N2O5. The van der Waals surface area contributed by atoms with Crippen LogP contribution in [0.15, 0.2) is 71.0 Å². The maximum atomic E-state index is 13.0. The van der Waals surface area contributed by atoms with Crippen LogP contribution in [0, 0.1) is 6.92 Å².